The highest BCUT2D eigenvalue weighted by Crippen LogP contribution is 2.39. The first kappa shape index (κ1) is 18.5. The Bertz CT molecular complexity index is 948. The van der Waals surface area contributed by atoms with Crippen molar-refractivity contribution in [1.82, 2.24) is 10.2 Å². The number of nitrogens with one attached hydrogen (secondary N) is 1. The molecule has 0 aliphatic carbocycles. The van der Waals surface area contributed by atoms with Gasteiger partial charge in [0.15, 0.2) is 0 Å². The molecule has 1 saturated heterocycles. The van der Waals surface area contributed by atoms with E-state index in [-0.39, 0.29) is 12.1 Å². The molecule has 2 aromatic rings. The van der Waals surface area contributed by atoms with Crippen LogP contribution in [0.3, 0.4) is 0 Å². The largest absolute Gasteiger partial charge is 0.416 e. The molecule has 0 radical (unpaired) electrons. The molecule has 8 heteroatoms. The predicted molar refractivity (Wildman–Crippen MR) is 89.0 cm³/mol. The molecule has 5 nitrogen and oxygen atoms in total. The lowest BCUT2D eigenvalue weighted by molar-refractivity contribution is -0.140. The molecule has 3 amide bonds. The van der Waals surface area contributed by atoms with Crippen molar-refractivity contribution < 1.29 is 22.8 Å². The number of benzene rings is 2. The SMILES string of the molecule is C[C@@]1(c2ccccc2C(F)(F)F)NC(=O)N(Cc2ccc(C#N)cc2)C1=O. The molecule has 0 spiro atoms. The van der Waals surface area contributed by atoms with E-state index < -0.39 is 29.2 Å². The number of hydrogen-bond donors (Lipinski definition) is 1. The molecule has 0 aromatic heterocycles. The topological polar surface area (TPSA) is 73.2 Å². The molecule has 1 atom stereocenters. The van der Waals surface area contributed by atoms with Gasteiger partial charge < -0.3 is 5.32 Å². The second kappa shape index (κ2) is 6.43. The number of nitrogens with zero attached hydrogens (tertiary/aromatic N) is 2. The van der Waals surface area contributed by atoms with Gasteiger partial charge >= 0.3 is 12.2 Å². The summed E-state index contributed by atoms with van der Waals surface area (Å²) in [7, 11) is 0. The molecule has 27 heavy (non-hydrogen) atoms. The standard InChI is InChI=1S/C19H14F3N3O2/c1-18(14-4-2-3-5-15(14)19(20,21)22)16(26)25(17(27)24-18)11-13-8-6-12(10-23)7-9-13/h2-9H,11H2,1H3,(H,24,27)/t18-/m0/s1. The summed E-state index contributed by atoms with van der Waals surface area (Å²) in [4.78, 5) is 26.1. The Balaban J connectivity index is 1.95. The molecule has 1 fully saturated rings. The van der Waals surface area contributed by atoms with E-state index in [0.717, 1.165) is 11.0 Å². The second-order valence-electron chi connectivity index (χ2n) is 6.30. The predicted octanol–water partition coefficient (Wildman–Crippen LogP) is 3.54. The first-order valence-corrected chi connectivity index (χ1v) is 7.96. The van der Waals surface area contributed by atoms with Gasteiger partial charge in [0.05, 0.1) is 23.7 Å². The minimum Gasteiger partial charge on any atom is -0.319 e. The quantitative estimate of drug-likeness (QED) is 0.837. The Labute approximate surface area is 153 Å². The molecule has 1 heterocycles. The van der Waals surface area contributed by atoms with Crippen LogP contribution >= 0.6 is 0 Å². The van der Waals surface area contributed by atoms with Gasteiger partial charge in [0.25, 0.3) is 5.91 Å². The van der Waals surface area contributed by atoms with E-state index in [2.05, 4.69) is 5.32 Å². The van der Waals surface area contributed by atoms with Gasteiger partial charge in [0.2, 0.25) is 0 Å². The highest BCUT2D eigenvalue weighted by molar-refractivity contribution is 6.07. The number of amides is 3. The third-order valence-corrected chi connectivity index (χ3v) is 4.47. The van der Waals surface area contributed by atoms with Crippen LogP contribution in [0.25, 0.3) is 0 Å². The fraction of sp³-hybridized carbons (Fsp3) is 0.211. The van der Waals surface area contributed by atoms with Crippen LogP contribution in [0.4, 0.5) is 18.0 Å². The zero-order chi connectivity index (χ0) is 19.8. The molecule has 0 bridgehead atoms. The number of imide groups is 1. The van der Waals surface area contributed by atoms with Crippen molar-refractivity contribution in [3.63, 3.8) is 0 Å². The third-order valence-electron chi connectivity index (χ3n) is 4.47. The summed E-state index contributed by atoms with van der Waals surface area (Å²) in [6.45, 7) is 1.15. The lowest BCUT2D eigenvalue weighted by atomic mass is 9.87. The van der Waals surface area contributed by atoms with Crippen molar-refractivity contribution in [3.05, 3.63) is 70.8 Å². The van der Waals surface area contributed by atoms with Crippen LogP contribution in [0.15, 0.2) is 48.5 Å². The van der Waals surface area contributed by atoms with Crippen LogP contribution in [0.2, 0.25) is 0 Å². The molecule has 2 aromatic carbocycles. The van der Waals surface area contributed by atoms with Crippen molar-refractivity contribution in [2.45, 2.75) is 25.2 Å². The van der Waals surface area contributed by atoms with Gasteiger partial charge in [-0.2, -0.15) is 18.4 Å². The minimum atomic E-state index is -4.66. The first-order chi connectivity index (χ1) is 12.7. The highest BCUT2D eigenvalue weighted by atomic mass is 19.4. The van der Waals surface area contributed by atoms with Crippen LogP contribution in [-0.4, -0.2) is 16.8 Å². The van der Waals surface area contributed by atoms with E-state index in [1.54, 1.807) is 12.1 Å². The third kappa shape index (κ3) is 3.24. The molecule has 1 aliphatic heterocycles. The zero-order valence-corrected chi connectivity index (χ0v) is 14.2. The fourth-order valence-electron chi connectivity index (χ4n) is 3.06. The van der Waals surface area contributed by atoms with E-state index in [0.29, 0.717) is 11.1 Å². The molecule has 138 valence electrons. The summed E-state index contributed by atoms with van der Waals surface area (Å²) in [5.41, 5.74) is -2.11. The van der Waals surface area contributed by atoms with Gasteiger partial charge in [-0.3, -0.25) is 9.69 Å². The molecule has 0 saturated carbocycles. The van der Waals surface area contributed by atoms with Crippen LogP contribution in [0, 0.1) is 11.3 Å². The number of alkyl halides is 3. The van der Waals surface area contributed by atoms with E-state index in [4.69, 9.17) is 5.26 Å². The molecule has 1 N–H and O–H groups in total. The maximum Gasteiger partial charge on any atom is 0.416 e. The Kier molecular flexibility index (Phi) is 4.39. The number of urea groups is 1. The van der Waals surface area contributed by atoms with Crippen LogP contribution in [0.1, 0.15) is 29.2 Å². The zero-order valence-electron chi connectivity index (χ0n) is 14.2. The van der Waals surface area contributed by atoms with E-state index in [1.807, 2.05) is 6.07 Å². The molecular formula is C19H14F3N3O2. The Morgan fingerprint density at radius 2 is 1.74 bits per heavy atom. The monoisotopic (exact) mass is 373 g/mol. The minimum absolute atomic E-state index is 0.111. The van der Waals surface area contributed by atoms with Crippen LogP contribution < -0.4 is 5.32 Å². The smallest absolute Gasteiger partial charge is 0.319 e. The van der Waals surface area contributed by atoms with Gasteiger partial charge in [-0.25, -0.2) is 4.79 Å². The maximum atomic E-state index is 13.3. The number of nitriles is 1. The van der Waals surface area contributed by atoms with Gasteiger partial charge in [0, 0.05) is 0 Å². The average molecular weight is 373 g/mol. The Morgan fingerprint density at radius 1 is 1.11 bits per heavy atom. The van der Waals surface area contributed by atoms with E-state index in [1.165, 1.54) is 37.3 Å². The average Bonchev–Trinajstić information content (AvgIpc) is 2.86. The van der Waals surface area contributed by atoms with Crippen molar-refractivity contribution in [3.8, 4) is 6.07 Å². The van der Waals surface area contributed by atoms with Crippen molar-refractivity contribution in [2.75, 3.05) is 0 Å². The van der Waals surface area contributed by atoms with Crippen molar-refractivity contribution >= 4 is 11.9 Å². The molecular weight excluding hydrogens is 359 g/mol. The molecule has 1 aliphatic rings. The van der Waals surface area contributed by atoms with Crippen LogP contribution in [-0.2, 0) is 23.1 Å². The normalized spacial score (nSPS) is 19.7. The van der Waals surface area contributed by atoms with Gasteiger partial charge in [-0.15, -0.1) is 0 Å². The Morgan fingerprint density at radius 3 is 2.33 bits per heavy atom. The molecule has 0 unspecified atom stereocenters. The highest BCUT2D eigenvalue weighted by Gasteiger charge is 2.52. The first-order valence-electron chi connectivity index (χ1n) is 7.96. The van der Waals surface area contributed by atoms with Crippen molar-refractivity contribution in [2.24, 2.45) is 0 Å². The molecule has 3 rings (SSSR count). The number of carbonyl (C=O) groups excluding carboxylic acids is 2. The van der Waals surface area contributed by atoms with Gasteiger partial charge in [-0.1, -0.05) is 30.3 Å². The number of halogens is 3. The number of carbonyl (C=O) groups is 2. The Hall–Kier alpha value is -3.34. The summed E-state index contributed by atoms with van der Waals surface area (Å²) in [5, 5.41) is 11.2. The summed E-state index contributed by atoms with van der Waals surface area (Å²) in [5.74, 6) is -0.770. The fourth-order valence-corrected chi connectivity index (χ4v) is 3.06. The van der Waals surface area contributed by atoms with Gasteiger partial charge in [-0.05, 0) is 36.2 Å². The van der Waals surface area contributed by atoms with E-state index in [9.17, 15) is 22.8 Å². The van der Waals surface area contributed by atoms with Crippen LogP contribution in [0.5, 0.6) is 0 Å². The summed E-state index contributed by atoms with van der Waals surface area (Å²) in [6.07, 6.45) is -4.66. The number of hydrogen-bond acceptors (Lipinski definition) is 3. The summed E-state index contributed by atoms with van der Waals surface area (Å²) < 4.78 is 40.0. The van der Waals surface area contributed by atoms with E-state index >= 15 is 0 Å². The lowest BCUT2D eigenvalue weighted by Gasteiger charge is -2.25. The summed E-state index contributed by atoms with van der Waals surface area (Å²) in [6, 6.07) is 12.1. The van der Waals surface area contributed by atoms with Gasteiger partial charge in [0.1, 0.15) is 5.54 Å². The number of rotatable bonds is 3. The summed E-state index contributed by atoms with van der Waals surface area (Å²) >= 11 is 0. The second-order valence-corrected chi connectivity index (χ2v) is 6.30. The van der Waals surface area contributed by atoms with Crippen molar-refractivity contribution in [1.29, 1.82) is 5.26 Å². The maximum absolute atomic E-state index is 13.3. The lowest BCUT2D eigenvalue weighted by Crippen LogP contribution is -2.42.